The molecule has 0 spiro atoms. The van der Waals surface area contributed by atoms with Crippen molar-refractivity contribution in [2.75, 3.05) is 0 Å². The molecule has 3 rings (SSSR count). The van der Waals surface area contributed by atoms with Crippen LogP contribution in [0.5, 0.6) is 0 Å². The van der Waals surface area contributed by atoms with Crippen LogP contribution in [0.3, 0.4) is 0 Å². The zero-order chi connectivity index (χ0) is 16.6. The van der Waals surface area contributed by atoms with E-state index in [4.69, 9.17) is 34.8 Å². The second-order valence-corrected chi connectivity index (χ2v) is 6.11. The molecular formula is C16H9Cl3N2O2. The van der Waals surface area contributed by atoms with Gasteiger partial charge in [-0.2, -0.15) is 0 Å². The third-order valence-corrected chi connectivity index (χ3v) is 4.12. The first-order valence-corrected chi connectivity index (χ1v) is 7.67. The Balaban J connectivity index is 2.31. The van der Waals surface area contributed by atoms with Crippen LogP contribution in [0.1, 0.15) is 5.56 Å². The van der Waals surface area contributed by atoms with Crippen LogP contribution in [-0.2, 0) is 0 Å². The molecule has 0 aliphatic rings. The van der Waals surface area contributed by atoms with Crippen molar-refractivity contribution in [3.8, 4) is 11.3 Å². The predicted octanol–water partition coefficient (Wildman–Crippen LogP) is 6.04. The van der Waals surface area contributed by atoms with Crippen LogP contribution >= 0.6 is 34.8 Å². The van der Waals surface area contributed by atoms with Gasteiger partial charge < -0.3 is 4.98 Å². The lowest BCUT2D eigenvalue weighted by atomic mass is 10.1. The van der Waals surface area contributed by atoms with Gasteiger partial charge in [0.05, 0.1) is 15.6 Å². The molecule has 0 radical (unpaired) electrons. The fourth-order valence-corrected chi connectivity index (χ4v) is 3.14. The maximum atomic E-state index is 10.7. The van der Waals surface area contributed by atoms with Crippen LogP contribution < -0.4 is 0 Å². The molecule has 1 heterocycles. The Bertz CT molecular complexity index is 931. The number of benzene rings is 2. The number of nitro groups is 1. The molecule has 0 aliphatic carbocycles. The molecule has 0 amide bonds. The number of halogens is 3. The first-order valence-electron chi connectivity index (χ1n) is 6.54. The van der Waals surface area contributed by atoms with Gasteiger partial charge in [0.15, 0.2) is 0 Å². The molecule has 0 saturated heterocycles. The number of hydrogen-bond donors (Lipinski definition) is 1. The van der Waals surface area contributed by atoms with Gasteiger partial charge in [0.2, 0.25) is 6.20 Å². The predicted molar refractivity (Wildman–Crippen MR) is 94.8 cm³/mol. The van der Waals surface area contributed by atoms with Crippen molar-refractivity contribution >= 4 is 51.8 Å². The number of aromatic nitrogens is 1. The highest BCUT2D eigenvalue weighted by Crippen LogP contribution is 2.37. The van der Waals surface area contributed by atoms with E-state index in [-0.39, 0.29) is 0 Å². The average Bonchev–Trinajstić information content (AvgIpc) is 2.84. The number of nitrogens with zero attached hydrogens (tertiary/aromatic N) is 1. The summed E-state index contributed by atoms with van der Waals surface area (Å²) in [6.45, 7) is 0. The minimum absolute atomic E-state index is 0.423. The standard InChI is InChI=1S/C16H9Cl3N2O2/c17-10-3-1-9(2-4-10)16-12(5-6-21(22)23)15-13(19)7-11(18)8-14(15)20-16/h1-8,20H/b6-5+. The highest BCUT2D eigenvalue weighted by molar-refractivity contribution is 6.39. The van der Waals surface area contributed by atoms with Crippen LogP contribution in [-0.4, -0.2) is 9.91 Å². The third-order valence-electron chi connectivity index (χ3n) is 3.35. The summed E-state index contributed by atoms with van der Waals surface area (Å²) in [6, 6.07) is 10.5. The summed E-state index contributed by atoms with van der Waals surface area (Å²) in [7, 11) is 0. The van der Waals surface area contributed by atoms with E-state index in [1.54, 1.807) is 24.3 Å². The minimum atomic E-state index is -0.520. The second kappa shape index (κ2) is 6.24. The molecule has 23 heavy (non-hydrogen) atoms. The number of H-pyrrole nitrogens is 1. The molecule has 2 aromatic carbocycles. The highest BCUT2D eigenvalue weighted by atomic mass is 35.5. The van der Waals surface area contributed by atoms with Gasteiger partial charge in [-0.05, 0) is 29.8 Å². The van der Waals surface area contributed by atoms with E-state index in [9.17, 15) is 10.1 Å². The summed E-state index contributed by atoms with van der Waals surface area (Å²) in [5, 5.41) is 12.9. The normalized spacial score (nSPS) is 11.4. The average molecular weight is 368 g/mol. The van der Waals surface area contributed by atoms with Gasteiger partial charge in [-0.15, -0.1) is 0 Å². The van der Waals surface area contributed by atoms with Crippen LogP contribution in [0.25, 0.3) is 28.2 Å². The van der Waals surface area contributed by atoms with Crippen molar-refractivity contribution in [2.24, 2.45) is 0 Å². The molecule has 0 bridgehead atoms. The van der Waals surface area contributed by atoms with E-state index in [2.05, 4.69) is 4.98 Å². The van der Waals surface area contributed by atoms with E-state index < -0.39 is 4.92 Å². The Kier molecular flexibility index (Phi) is 4.31. The summed E-state index contributed by atoms with van der Waals surface area (Å²) in [5.41, 5.74) is 2.87. The Labute approximate surface area is 146 Å². The fourth-order valence-electron chi connectivity index (χ4n) is 2.42. The van der Waals surface area contributed by atoms with Crippen LogP contribution in [0, 0.1) is 10.1 Å². The van der Waals surface area contributed by atoms with Crippen LogP contribution in [0.4, 0.5) is 0 Å². The zero-order valence-electron chi connectivity index (χ0n) is 11.5. The minimum Gasteiger partial charge on any atom is -0.354 e. The Morgan fingerprint density at radius 3 is 2.39 bits per heavy atom. The Hall–Kier alpha value is -2.01. The van der Waals surface area contributed by atoms with E-state index in [0.717, 1.165) is 11.8 Å². The van der Waals surface area contributed by atoms with Gasteiger partial charge in [-0.3, -0.25) is 10.1 Å². The zero-order valence-corrected chi connectivity index (χ0v) is 13.8. The lowest BCUT2D eigenvalue weighted by molar-refractivity contribution is -0.400. The molecule has 0 unspecified atom stereocenters. The fraction of sp³-hybridized carbons (Fsp3) is 0. The van der Waals surface area contributed by atoms with Gasteiger partial charge in [0.1, 0.15) is 0 Å². The maximum absolute atomic E-state index is 10.7. The summed E-state index contributed by atoms with van der Waals surface area (Å²) >= 11 is 18.2. The Morgan fingerprint density at radius 2 is 1.74 bits per heavy atom. The first-order chi connectivity index (χ1) is 11.0. The van der Waals surface area contributed by atoms with E-state index in [1.807, 2.05) is 12.1 Å². The van der Waals surface area contributed by atoms with Crippen molar-refractivity contribution in [3.63, 3.8) is 0 Å². The van der Waals surface area contributed by atoms with Crippen molar-refractivity contribution < 1.29 is 4.92 Å². The van der Waals surface area contributed by atoms with Crippen molar-refractivity contribution in [1.82, 2.24) is 4.98 Å². The maximum Gasteiger partial charge on any atom is 0.235 e. The monoisotopic (exact) mass is 366 g/mol. The molecule has 7 heteroatoms. The van der Waals surface area contributed by atoms with Gasteiger partial charge in [-0.1, -0.05) is 46.9 Å². The lowest BCUT2D eigenvalue weighted by Gasteiger charge is -2.01. The van der Waals surface area contributed by atoms with Gasteiger partial charge >= 0.3 is 0 Å². The molecule has 0 atom stereocenters. The van der Waals surface area contributed by atoms with E-state index >= 15 is 0 Å². The SMILES string of the molecule is O=[N+]([O-])/C=C/c1c(-c2ccc(Cl)cc2)[nH]c2cc(Cl)cc(Cl)c12. The second-order valence-electron chi connectivity index (χ2n) is 4.83. The molecule has 0 fully saturated rings. The first kappa shape index (κ1) is 15.9. The quantitative estimate of drug-likeness (QED) is 0.453. The molecule has 0 saturated carbocycles. The number of aromatic amines is 1. The molecule has 116 valence electrons. The number of fused-ring (bicyclic) bond motifs is 1. The van der Waals surface area contributed by atoms with Gasteiger partial charge in [0, 0.05) is 32.6 Å². The summed E-state index contributed by atoms with van der Waals surface area (Å²) in [4.78, 5) is 13.4. The Morgan fingerprint density at radius 1 is 1.04 bits per heavy atom. The highest BCUT2D eigenvalue weighted by Gasteiger charge is 2.15. The van der Waals surface area contributed by atoms with E-state index in [0.29, 0.717) is 37.2 Å². The van der Waals surface area contributed by atoms with Crippen molar-refractivity contribution in [3.05, 3.63) is 73.3 Å². The van der Waals surface area contributed by atoms with Gasteiger partial charge in [-0.25, -0.2) is 0 Å². The summed E-state index contributed by atoms with van der Waals surface area (Å²) < 4.78 is 0. The molecule has 3 aromatic rings. The third kappa shape index (κ3) is 3.20. The van der Waals surface area contributed by atoms with Crippen molar-refractivity contribution in [2.45, 2.75) is 0 Å². The van der Waals surface area contributed by atoms with Crippen LogP contribution in [0.2, 0.25) is 15.1 Å². The molecule has 0 aliphatic heterocycles. The lowest BCUT2D eigenvalue weighted by Crippen LogP contribution is -1.85. The largest absolute Gasteiger partial charge is 0.354 e. The molecule has 1 aromatic heterocycles. The topological polar surface area (TPSA) is 58.9 Å². The smallest absolute Gasteiger partial charge is 0.235 e. The number of nitrogens with one attached hydrogen (secondary N) is 1. The molecule has 4 nitrogen and oxygen atoms in total. The number of rotatable bonds is 3. The number of hydrogen-bond acceptors (Lipinski definition) is 2. The molecule has 1 N–H and O–H groups in total. The summed E-state index contributed by atoms with van der Waals surface area (Å²) in [5.74, 6) is 0. The van der Waals surface area contributed by atoms with Gasteiger partial charge in [0.25, 0.3) is 0 Å². The van der Waals surface area contributed by atoms with Crippen LogP contribution in [0.15, 0.2) is 42.6 Å². The van der Waals surface area contributed by atoms with Crippen molar-refractivity contribution in [1.29, 1.82) is 0 Å². The summed E-state index contributed by atoms with van der Waals surface area (Å²) in [6.07, 6.45) is 2.30. The molecular weight excluding hydrogens is 359 g/mol. The van der Waals surface area contributed by atoms with E-state index in [1.165, 1.54) is 6.08 Å².